The van der Waals surface area contributed by atoms with Crippen molar-refractivity contribution in [3.8, 4) is 0 Å². The summed E-state index contributed by atoms with van der Waals surface area (Å²) < 4.78 is 22.7. The van der Waals surface area contributed by atoms with E-state index in [1.807, 2.05) is 0 Å². The highest BCUT2D eigenvalue weighted by atomic mass is 32.1. The third-order valence-corrected chi connectivity index (χ3v) is 4.41. The van der Waals surface area contributed by atoms with E-state index in [2.05, 4.69) is 14.6 Å². The molecule has 1 aromatic heterocycles. The molecule has 1 aliphatic heterocycles. The number of nitrogens with zero attached hydrogens (tertiary/aromatic N) is 2. The Morgan fingerprint density at radius 1 is 1.35 bits per heavy atom. The number of ether oxygens (including phenoxy) is 1. The van der Waals surface area contributed by atoms with Crippen molar-refractivity contribution >= 4 is 34.0 Å². The minimum absolute atomic E-state index is 0.303. The molecular weight excluding hydrogens is 317 g/mol. The van der Waals surface area contributed by atoms with Gasteiger partial charge in [-0.15, -0.1) is 0 Å². The Balaban J connectivity index is 1.92. The molecule has 5 nitrogen and oxygen atoms in total. The molecule has 0 aliphatic carbocycles. The Bertz CT molecular complexity index is 681. The molecule has 3 rings (SSSR count). The lowest BCUT2D eigenvalue weighted by atomic mass is 10.2. The molecule has 1 aromatic carbocycles. The van der Waals surface area contributed by atoms with E-state index in [0.717, 1.165) is 25.9 Å². The number of halogens is 1. The van der Waals surface area contributed by atoms with Crippen molar-refractivity contribution in [2.75, 3.05) is 29.9 Å². The van der Waals surface area contributed by atoms with Crippen LogP contribution in [0.15, 0.2) is 24.3 Å². The van der Waals surface area contributed by atoms with Gasteiger partial charge in [-0.1, -0.05) is 0 Å². The van der Waals surface area contributed by atoms with Crippen LogP contribution in [-0.2, 0) is 4.74 Å². The molecule has 2 aromatic rings. The Kier molecular flexibility index (Phi) is 4.76. The highest BCUT2D eigenvalue weighted by Crippen LogP contribution is 2.35. The number of esters is 1. The SMILES string of the molecule is CCOC(=O)c1c(N2CCCC2)nsc1Nc1ccc(F)cc1. The molecule has 1 fully saturated rings. The summed E-state index contributed by atoms with van der Waals surface area (Å²) in [6.45, 7) is 3.88. The lowest BCUT2D eigenvalue weighted by molar-refractivity contribution is 0.0528. The number of hydrogen-bond donors (Lipinski definition) is 1. The number of anilines is 3. The first-order valence-corrected chi connectivity index (χ1v) is 8.40. The van der Waals surface area contributed by atoms with Gasteiger partial charge in [0, 0.05) is 18.8 Å². The predicted molar refractivity (Wildman–Crippen MR) is 89.2 cm³/mol. The lowest BCUT2D eigenvalue weighted by Gasteiger charge is -2.16. The Morgan fingerprint density at radius 2 is 2.04 bits per heavy atom. The second-order valence-corrected chi connectivity index (χ2v) is 6.03. The van der Waals surface area contributed by atoms with Gasteiger partial charge in [0.15, 0.2) is 5.82 Å². The van der Waals surface area contributed by atoms with E-state index in [4.69, 9.17) is 4.74 Å². The average molecular weight is 335 g/mol. The maximum Gasteiger partial charge on any atom is 0.345 e. The van der Waals surface area contributed by atoms with E-state index in [9.17, 15) is 9.18 Å². The first-order valence-electron chi connectivity index (χ1n) is 7.63. The number of benzene rings is 1. The third-order valence-electron chi connectivity index (χ3n) is 3.66. The zero-order chi connectivity index (χ0) is 16.2. The molecule has 7 heteroatoms. The maximum absolute atomic E-state index is 13.0. The maximum atomic E-state index is 13.0. The summed E-state index contributed by atoms with van der Waals surface area (Å²) in [7, 11) is 0. The monoisotopic (exact) mass is 335 g/mol. The van der Waals surface area contributed by atoms with E-state index in [1.165, 1.54) is 23.7 Å². The minimum Gasteiger partial charge on any atom is -0.462 e. The van der Waals surface area contributed by atoms with Crippen LogP contribution in [0.25, 0.3) is 0 Å². The van der Waals surface area contributed by atoms with Gasteiger partial charge in [0.2, 0.25) is 0 Å². The number of hydrogen-bond acceptors (Lipinski definition) is 6. The fraction of sp³-hybridized carbons (Fsp3) is 0.375. The highest BCUT2D eigenvalue weighted by Gasteiger charge is 2.27. The molecule has 1 saturated heterocycles. The molecule has 0 amide bonds. The molecule has 0 bridgehead atoms. The van der Waals surface area contributed by atoms with Crippen molar-refractivity contribution in [3.63, 3.8) is 0 Å². The van der Waals surface area contributed by atoms with E-state index >= 15 is 0 Å². The van der Waals surface area contributed by atoms with Gasteiger partial charge in [0.1, 0.15) is 16.4 Å². The van der Waals surface area contributed by atoms with Crippen LogP contribution < -0.4 is 10.2 Å². The van der Waals surface area contributed by atoms with Gasteiger partial charge in [0.05, 0.1) is 6.61 Å². The van der Waals surface area contributed by atoms with Gasteiger partial charge in [0.25, 0.3) is 0 Å². The molecule has 1 aliphatic rings. The van der Waals surface area contributed by atoms with Crippen molar-refractivity contribution in [2.24, 2.45) is 0 Å². The van der Waals surface area contributed by atoms with Gasteiger partial charge in [-0.05, 0) is 55.6 Å². The van der Waals surface area contributed by atoms with Gasteiger partial charge >= 0.3 is 5.97 Å². The van der Waals surface area contributed by atoms with Gasteiger partial charge in [-0.3, -0.25) is 0 Å². The Morgan fingerprint density at radius 3 is 2.70 bits per heavy atom. The molecule has 23 heavy (non-hydrogen) atoms. The van der Waals surface area contributed by atoms with Crippen LogP contribution in [0.5, 0.6) is 0 Å². The van der Waals surface area contributed by atoms with Crippen LogP contribution in [0.1, 0.15) is 30.1 Å². The van der Waals surface area contributed by atoms with Crippen LogP contribution in [0.3, 0.4) is 0 Å². The van der Waals surface area contributed by atoms with Crippen LogP contribution >= 0.6 is 11.5 Å². The smallest absolute Gasteiger partial charge is 0.345 e. The quantitative estimate of drug-likeness (QED) is 0.842. The van der Waals surface area contributed by atoms with E-state index < -0.39 is 0 Å². The topological polar surface area (TPSA) is 54.5 Å². The second kappa shape index (κ2) is 6.95. The summed E-state index contributed by atoms with van der Waals surface area (Å²) in [5.41, 5.74) is 1.16. The van der Waals surface area contributed by atoms with E-state index in [-0.39, 0.29) is 11.8 Å². The molecular formula is C16H18FN3O2S. The fourth-order valence-corrected chi connectivity index (χ4v) is 3.38. The molecule has 0 radical (unpaired) electrons. The van der Waals surface area contributed by atoms with Gasteiger partial charge in [-0.2, -0.15) is 4.37 Å². The number of carbonyl (C=O) groups is 1. The highest BCUT2D eigenvalue weighted by molar-refractivity contribution is 7.11. The van der Waals surface area contributed by atoms with Crippen LogP contribution in [0, 0.1) is 5.82 Å². The number of aromatic nitrogens is 1. The third kappa shape index (κ3) is 3.44. The van der Waals surface area contributed by atoms with Gasteiger partial charge in [-0.25, -0.2) is 9.18 Å². The number of carbonyl (C=O) groups excluding carboxylic acids is 1. The van der Waals surface area contributed by atoms with E-state index in [1.54, 1.807) is 19.1 Å². The first-order chi connectivity index (χ1) is 11.2. The second-order valence-electron chi connectivity index (χ2n) is 5.26. The van der Waals surface area contributed by atoms with Crippen LogP contribution in [0.4, 0.5) is 20.9 Å². The van der Waals surface area contributed by atoms with Crippen molar-refractivity contribution < 1.29 is 13.9 Å². The fourth-order valence-electron chi connectivity index (χ4n) is 2.56. The molecule has 0 unspecified atom stereocenters. The summed E-state index contributed by atoms with van der Waals surface area (Å²) in [6.07, 6.45) is 2.20. The average Bonchev–Trinajstić information content (AvgIpc) is 3.19. The zero-order valence-corrected chi connectivity index (χ0v) is 13.7. The largest absolute Gasteiger partial charge is 0.462 e. The molecule has 122 valence electrons. The number of nitrogens with one attached hydrogen (secondary N) is 1. The number of rotatable bonds is 5. The van der Waals surface area contributed by atoms with Crippen molar-refractivity contribution in [1.82, 2.24) is 4.37 Å². The summed E-state index contributed by atoms with van der Waals surface area (Å²) >= 11 is 1.22. The molecule has 2 heterocycles. The molecule has 0 atom stereocenters. The van der Waals surface area contributed by atoms with Crippen molar-refractivity contribution in [1.29, 1.82) is 0 Å². The summed E-state index contributed by atoms with van der Waals surface area (Å²) in [4.78, 5) is 14.5. The summed E-state index contributed by atoms with van der Waals surface area (Å²) in [5.74, 6) is -0.00782. The van der Waals surface area contributed by atoms with Crippen molar-refractivity contribution in [3.05, 3.63) is 35.6 Å². The minimum atomic E-state index is -0.382. The molecule has 1 N–H and O–H groups in total. The van der Waals surface area contributed by atoms with E-state index in [0.29, 0.717) is 28.7 Å². The summed E-state index contributed by atoms with van der Waals surface area (Å²) in [5, 5.41) is 3.77. The molecule has 0 spiro atoms. The predicted octanol–water partition coefficient (Wildman–Crippen LogP) is 3.80. The lowest BCUT2D eigenvalue weighted by Crippen LogP contribution is -2.21. The Labute approximate surface area is 138 Å². The standard InChI is InChI=1S/C16H18FN3O2S/c1-2-22-16(21)13-14(20-9-3-4-10-20)19-23-15(13)18-12-7-5-11(17)6-8-12/h5-8,18H,2-4,9-10H2,1H3. The van der Waals surface area contributed by atoms with Crippen LogP contribution in [-0.4, -0.2) is 30.0 Å². The first kappa shape index (κ1) is 15.7. The normalized spacial score (nSPS) is 14.1. The Hall–Kier alpha value is -2.15. The van der Waals surface area contributed by atoms with Gasteiger partial charge < -0.3 is 15.0 Å². The van der Waals surface area contributed by atoms with Crippen LogP contribution in [0.2, 0.25) is 0 Å². The van der Waals surface area contributed by atoms with Crippen molar-refractivity contribution in [2.45, 2.75) is 19.8 Å². The summed E-state index contributed by atoms with van der Waals surface area (Å²) in [6, 6.07) is 5.99. The molecule has 0 saturated carbocycles. The zero-order valence-electron chi connectivity index (χ0n) is 12.8.